The minimum atomic E-state index is -0.107. The van der Waals surface area contributed by atoms with E-state index in [1.165, 1.54) is 11.1 Å². The number of methoxy groups -OCH3 is 4. The van der Waals surface area contributed by atoms with Crippen LogP contribution in [-0.2, 0) is 11.8 Å². The van der Waals surface area contributed by atoms with Crippen LogP contribution in [0.3, 0.4) is 0 Å². The van der Waals surface area contributed by atoms with Gasteiger partial charge in [0.05, 0.1) is 28.4 Å². The molecule has 0 unspecified atom stereocenters. The summed E-state index contributed by atoms with van der Waals surface area (Å²) in [6.07, 6.45) is 3.03. The number of benzene rings is 2. The van der Waals surface area contributed by atoms with E-state index >= 15 is 0 Å². The molecule has 0 aliphatic carbocycles. The van der Waals surface area contributed by atoms with Crippen LogP contribution >= 0.6 is 0 Å². The first kappa shape index (κ1) is 26.8. The molecule has 0 aromatic heterocycles. The van der Waals surface area contributed by atoms with Crippen molar-refractivity contribution in [3.8, 4) is 23.0 Å². The Labute approximate surface area is 200 Å². The summed E-state index contributed by atoms with van der Waals surface area (Å²) in [5.74, 6) is 3.43. The fourth-order valence-corrected chi connectivity index (χ4v) is 4.50. The van der Waals surface area contributed by atoms with Crippen molar-refractivity contribution in [2.45, 2.75) is 38.5 Å². The Morgan fingerprint density at radius 2 is 1.39 bits per heavy atom. The summed E-state index contributed by atoms with van der Waals surface area (Å²) < 4.78 is 21.7. The van der Waals surface area contributed by atoms with E-state index < -0.39 is 0 Å². The van der Waals surface area contributed by atoms with E-state index in [9.17, 15) is 0 Å². The predicted octanol–water partition coefficient (Wildman–Crippen LogP) is 4.53. The zero-order valence-corrected chi connectivity index (χ0v) is 21.4. The third kappa shape index (κ3) is 6.55. The van der Waals surface area contributed by atoms with Gasteiger partial charge in [-0.1, -0.05) is 26.0 Å². The van der Waals surface area contributed by atoms with E-state index in [0.29, 0.717) is 12.5 Å². The Kier molecular flexibility index (Phi) is 10.3. The van der Waals surface area contributed by atoms with Gasteiger partial charge in [0.15, 0.2) is 23.0 Å². The van der Waals surface area contributed by atoms with Crippen LogP contribution in [0.1, 0.15) is 37.8 Å². The molecule has 0 saturated carbocycles. The summed E-state index contributed by atoms with van der Waals surface area (Å²) >= 11 is 0. The van der Waals surface area contributed by atoms with Crippen molar-refractivity contribution in [3.05, 3.63) is 47.5 Å². The highest BCUT2D eigenvalue weighted by atomic mass is 16.5. The van der Waals surface area contributed by atoms with Gasteiger partial charge in [-0.3, -0.25) is 0 Å². The van der Waals surface area contributed by atoms with Crippen LogP contribution in [-0.4, -0.2) is 60.0 Å². The summed E-state index contributed by atoms with van der Waals surface area (Å²) in [5, 5.41) is 0. The molecule has 0 saturated heterocycles. The highest BCUT2D eigenvalue weighted by Crippen LogP contribution is 2.40. The molecule has 2 aromatic carbocycles. The monoisotopic (exact) mass is 458 g/mol. The van der Waals surface area contributed by atoms with Crippen molar-refractivity contribution >= 4 is 0 Å². The molecule has 0 amide bonds. The lowest BCUT2D eigenvalue weighted by Gasteiger charge is -2.38. The van der Waals surface area contributed by atoms with Crippen LogP contribution in [0.15, 0.2) is 36.4 Å². The maximum Gasteiger partial charge on any atom is 0.161 e. The van der Waals surface area contributed by atoms with Gasteiger partial charge in [-0.2, -0.15) is 0 Å². The fraction of sp³-hybridized carbons (Fsp3) is 0.556. The van der Waals surface area contributed by atoms with E-state index in [4.69, 9.17) is 24.7 Å². The molecule has 33 heavy (non-hydrogen) atoms. The molecule has 0 spiro atoms. The normalized spacial score (nSPS) is 13.2. The smallest absolute Gasteiger partial charge is 0.161 e. The molecule has 0 aliphatic heterocycles. The molecular weight excluding hydrogens is 416 g/mol. The summed E-state index contributed by atoms with van der Waals surface area (Å²) in [6.45, 7) is 7.09. The van der Waals surface area contributed by atoms with E-state index in [1.54, 1.807) is 28.4 Å². The highest BCUT2D eigenvalue weighted by Gasteiger charge is 2.34. The quantitative estimate of drug-likeness (QED) is 0.449. The highest BCUT2D eigenvalue weighted by molar-refractivity contribution is 5.46. The largest absolute Gasteiger partial charge is 0.493 e. The van der Waals surface area contributed by atoms with Gasteiger partial charge in [-0.05, 0) is 74.2 Å². The molecule has 0 radical (unpaired) electrons. The van der Waals surface area contributed by atoms with Crippen LogP contribution in [0.4, 0.5) is 0 Å². The van der Waals surface area contributed by atoms with Crippen LogP contribution in [0.5, 0.6) is 23.0 Å². The topological polar surface area (TPSA) is 66.2 Å². The van der Waals surface area contributed by atoms with Crippen molar-refractivity contribution < 1.29 is 18.9 Å². The minimum absolute atomic E-state index is 0.107. The summed E-state index contributed by atoms with van der Waals surface area (Å²) in [5.41, 5.74) is 8.74. The molecule has 2 rings (SSSR count). The summed E-state index contributed by atoms with van der Waals surface area (Å²) in [4.78, 5) is 2.38. The van der Waals surface area contributed by atoms with Gasteiger partial charge in [0.1, 0.15) is 0 Å². The van der Waals surface area contributed by atoms with Gasteiger partial charge in [0.25, 0.3) is 0 Å². The van der Waals surface area contributed by atoms with Gasteiger partial charge in [-0.25, -0.2) is 0 Å². The van der Waals surface area contributed by atoms with Crippen LogP contribution in [0.2, 0.25) is 0 Å². The number of rotatable bonds is 14. The van der Waals surface area contributed by atoms with E-state index in [1.807, 2.05) is 12.1 Å². The minimum Gasteiger partial charge on any atom is -0.493 e. The lowest BCUT2D eigenvalue weighted by Crippen LogP contribution is -2.41. The van der Waals surface area contributed by atoms with Gasteiger partial charge in [0, 0.05) is 18.5 Å². The Balaban J connectivity index is 2.01. The number of nitrogens with zero attached hydrogens (tertiary/aromatic N) is 1. The lowest BCUT2D eigenvalue weighted by molar-refractivity contribution is 0.255. The third-order valence-corrected chi connectivity index (χ3v) is 6.82. The Morgan fingerprint density at radius 3 is 1.94 bits per heavy atom. The molecule has 0 bridgehead atoms. The number of ether oxygens (including phenoxy) is 4. The van der Waals surface area contributed by atoms with Crippen molar-refractivity contribution in [2.24, 2.45) is 11.7 Å². The fourth-order valence-electron chi connectivity index (χ4n) is 4.50. The van der Waals surface area contributed by atoms with Crippen molar-refractivity contribution in [3.63, 3.8) is 0 Å². The first-order chi connectivity index (χ1) is 15.8. The molecule has 6 nitrogen and oxygen atoms in total. The average Bonchev–Trinajstić information content (AvgIpc) is 2.84. The molecule has 2 aromatic rings. The van der Waals surface area contributed by atoms with E-state index in [0.717, 1.165) is 55.4 Å². The predicted molar refractivity (Wildman–Crippen MR) is 135 cm³/mol. The molecule has 1 atom stereocenters. The number of hydrogen-bond donors (Lipinski definition) is 1. The Hall–Kier alpha value is -2.44. The maximum absolute atomic E-state index is 6.40. The average molecular weight is 459 g/mol. The van der Waals surface area contributed by atoms with Gasteiger partial charge < -0.3 is 29.6 Å². The van der Waals surface area contributed by atoms with Gasteiger partial charge in [-0.15, -0.1) is 0 Å². The third-order valence-electron chi connectivity index (χ3n) is 6.82. The van der Waals surface area contributed by atoms with Crippen molar-refractivity contribution in [1.29, 1.82) is 0 Å². The standard InChI is InChI=1S/C27H42N2O4/c1-20(2)27(19-28,22-10-12-24(31-5)26(18-22)33-7)14-8-15-29(3)16-13-21-9-11-23(30-4)25(17-21)32-6/h9-12,17-18,20H,8,13-16,19,28H2,1-7H3/t27-/m1/s1. The number of hydrogen-bond acceptors (Lipinski definition) is 6. The molecule has 184 valence electrons. The molecule has 0 aliphatic rings. The second kappa shape index (κ2) is 12.7. The molecule has 0 fully saturated rings. The van der Waals surface area contributed by atoms with Crippen LogP contribution < -0.4 is 24.7 Å². The van der Waals surface area contributed by atoms with Crippen LogP contribution in [0.25, 0.3) is 0 Å². The summed E-state index contributed by atoms with van der Waals surface area (Å²) in [6, 6.07) is 12.3. The summed E-state index contributed by atoms with van der Waals surface area (Å²) in [7, 11) is 8.84. The number of likely N-dealkylation sites (N-methyl/N-ethyl adjacent to an activating group) is 1. The molecule has 2 N–H and O–H groups in total. The first-order valence-electron chi connectivity index (χ1n) is 11.7. The molecular formula is C27H42N2O4. The second-order valence-electron chi connectivity index (χ2n) is 8.93. The Morgan fingerprint density at radius 1 is 0.818 bits per heavy atom. The lowest BCUT2D eigenvalue weighted by atomic mass is 9.68. The molecule has 6 heteroatoms. The maximum atomic E-state index is 6.40. The second-order valence-corrected chi connectivity index (χ2v) is 8.93. The SMILES string of the molecule is COc1ccc(CCN(C)CCC[C@](CN)(c2ccc(OC)c(OC)c2)C(C)C)cc1OC. The van der Waals surface area contributed by atoms with Crippen LogP contribution in [0, 0.1) is 5.92 Å². The van der Waals surface area contributed by atoms with Crippen molar-refractivity contribution in [2.75, 3.05) is 55.1 Å². The molecule has 0 heterocycles. The first-order valence-corrected chi connectivity index (χ1v) is 11.7. The van der Waals surface area contributed by atoms with Gasteiger partial charge >= 0.3 is 0 Å². The number of nitrogens with two attached hydrogens (primary N) is 1. The van der Waals surface area contributed by atoms with Gasteiger partial charge in [0.2, 0.25) is 0 Å². The van der Waals surface area contributed by atoms with E-state index in [-0.39, 0.29) is 5.41 Å². The Bertz CT molecular complexity index is 871. The van der Waals surface area contributed by atoms with Crippen molar-refractivity contribution in [1.82, 2.24) is 4.90 Å². The zero-order valence-electron chi connectivity index (χ0n) is 21.4. The zero-order chi connectivity index (χ0) is 24.4. The van der Waals surface area contributed by atoms with E-state index in [2.05, 4.69) is 50.1 Å².